The number of aliphatic hydroxyl groups excluding tert-OH is 2. The molecule has 1 amide bonds. The minimum atomic E-state index is -0.844. The second-order valence-electron chi connectivity index (χ2n) is 24.2. The molecule has 0 fully saturated rings. The molecule has 0 aliphatic rings. The third-order valence-corrected chi connectivity index (χ3v) is 16.4. The average molecular weight is 1100 g/mol. The average Bonchev–Trinajstić information content (AvgIpc) is 3.44. The monoisotopic (exact) mass is 1100 g/mol. The molecule has 78 heavy (non-hydrogen) atoms. The number of ether oxygens (including phenoxy) is 1. The summed E-state index contributed by atoms with van der Waals surface area (Å²) in [6.07, 6.45) is 86.5. The maximum absolute atomic E-state index is 12.5. The lowest BCUT2D eigenvalue weighted by Gasteiger charge is -2.20. The third kappa shape index (κ3) is 63.3. The van der Waals surface area contributed by atoms with Crippen LogP contribution < -0.4 is 5.32 Å². The molecule has 2 unspecified atom stereocenters. The van der Waals surface area contributed by atoms with Crippen molar-refractivity contribution in [3.05, 3.63) is 36.5 Å². The molecule has 3 N–H and O–H groups in total. The fraction of sp³-hybridized carbons (Fsp3) is 0.889. The summed E-state index contributed by atoms with van der Waals surface area (Å²) in [5, 5.41) is 23.2. The van der Waals surface area contributed by atoms with E-state index in [1.165, 1.54) is 315 Å². The summed E-state index contributed by atoms with van der Waals surface area (Å²) in [4.78, 5) is 24.6. The number of nitrogens with one attached hydrogen (secondary N) is 1. The molecule has 0 aromatic heterocycles. The molecule has 0 aromatic carbocycles. The molecular formula is C72H137NO5. The van der Waals surface area contributed by atoms with E-state index < -0.39 is 12.1 Å². The summed E-state index contributed by atoms with van der Waals surface area (Å²) in [6.45, 7) is 4.93. The predicted octanol–water partition coefficient (Wildman–Crippen LogP) is 22.7. The van der Waals surface area contributed by atoms with Gasteiger partial charge < -0.3 is 20.3 Å². The highest BCUT2D eigenvalue weighted by Crippen LogP contribution is 2.18. The van der Waals surface area contributed by atoms with Crippen molar-refractivity contribution in [2.24, 2.45) is 0 Å². The van der Waals surface area contributed by atoms with Crippen LogP contribution in [0.5, 0.6) is 0 Å². The highest BCUT2D eigenvalue weighted by Gasteiger charge is 2.18. The van der Waals surface area contributed by atoms with Crippen molar-refractivity contribution in [1.82, 2.24) is 5.32 Å². The normalized spacial score (nSPS) is 12.7. The van der Waals surface area contributed by atoms with Crippen LogP contribution in [0.3, 0.4) is 0 Å². The first-order chi connectivity index (χ1) is 38.5. The van der Waals surface area contributed by atoms with E-state index in [0.29, 0.717) is 19.4 Å². The minimum Gasteiger partial charge on any atom is -0.466 e. The van der Waals surface area contributed by atoms with E-state index in [1.54, 1.807) is 6.08 Å². The van der Waals surface area contributed by atoms with Crippen molar-refractivity contribution in [2.45, 2.75) is 398 Å². The number of esters is 1. The van der Waals surface area contributed by atoms with Crippen LogP contribution in [-0.2, 0) is 14.3 Å². The van der Waals surface area contributed by atoms with Gasteiger partial charge in [0.25, 0.3) is 0 Å². The van der Waals surface area contributed by atoms with Crippen molar-refractivity contribution in [2.75, 3.05) is 13.2 Å². The van der Waals surface area contributed by atoms with Gasteiger partial charge in [0, 0.05) is 12.8 Å². The van der Waals surface area contributed by atoms with Gasteiger partial charge in [-0.1, -0.05) is 346 Å². The Balaban J connectivity index is 3.40. The van der Waals surface area contributed by atoms with Crippen LogP contribution in [0.1, 0.15) is 386 Å². The number of carbonyl (C=O) groups is 2. The molecule has 0 radical (unpaired) electrons. The first kappa shape index (κ1) is 76.1. The molecule has 0 saturated carbocycles. The first-order valence-corrected chi connectivity index (χ1v) is 35.3. The number of hydrogen-bond donors (Lipinski definition) is 3. The highest BCUT2D eigenvalue weighted by atomic mass is 16.5. The van der Waals surface area contributed by atoms with Gasteiger partial charge in [0.15, 0.2) is 0 Å². The van der Waals surface area contributed by atoms with E-state index in [-0.39, 0.29) is 18.5 Å². The summed E-state index contributed by atoms with van der Waals surface area (Å²) < 4.78 is 5.49. The van der Waals surface area contributed by atoms with Crippen LogP contribution in [-0.4, -0.2) is 47.4 Å². The Hall–Kier alpha value is -1.92. The number of unbranched alkanes of at least 4 members (excludes halogenated alkanes) is 51. The summed E-state index contributed by atoms with van der Waals surface area (Å²) in [6, 6.07) is -0.627. The zero-order valence-electron chi connectivity index (χ0n) is 52.7. The molecule has 0 aliphatic carbocycles. The van der Waals surface area contributed by atoms with E-state index in [2.05, 4.69) is 43.5 Å². The topological polar surface area (TPSA) is 95.9 Å². The Morgan fingerprint density at radius 1 is 0.359 bits per heavy atom. The fourth-order valence-electron chi connectivity index (χ4n) is 11.0. The van der Waals surface area contributed by atoms with Crippen LogP contribution in [0, 0.1) is 0 Å². The molecule has 0 rings (SSSR count). The minimum absolute atomic E-state index is 0.0162. The molecule has 6 nitrogen and oxygen atoms in total. The fourth-order valence-corrected chi connectivity index (χ4v) is 11.0. The molecular weight excluding hydrogens is 959 g/mol. The molecule has 460 valence electrons. The van der Waals surface area contributed by atoms with Crippen molar-refractivity contribution in [1.29, 1.82) is 0 Å². The molecule has 0 aromatic rings. The van der Waals surface area contributed by atoms with Crippen LogP contribution in [0.25, 0.3) is 0 Å². The predicted molar refractivity (Wildman–Crippen MR) is 343 cm³/mol. The Kier molecular flexibility index (Phi) is 65.9. The maximum Gasteiger partial charge on any atom is 0.305 e. The Morgan fingerprint density at radius 3 is 0.974 bits per heavy atom. The number of aliphatic hydroxyl groups is 2. The molecule has 0 spiro atoms. The quantitative estimate of drug-likeness (QED) is 0.0320. The summed E-state index contributed by atoms with van der Waals surface area (Å²) in [7, 11) is 0. The lowest BCUT2D eigenvalue weighted by atomic mass is 10.0. The number of amides is 1. The summed E-state index contributed by atoms with van der Waals surface area (Å²) >= 11 is 0. The van der Waals surface area contributed by atoms with Crippen LogP contribution in [0.4, 0.5) is 0 Å². The zero-order valence-corrected chi connectivity index (χ0v) is 52.7. The van der Waals surface area contributed by atoms with Gasteiger partial charge in [-0.05, 0) is 64.2 Å². The third-order valence-electron chi connectivity index (χ3n) is 16.4. The summed E-state index contributed by atoms with van der Waals surface area (Å²) in [5.74, 6) is -0.0492. The number of rotatable bonds is 66. The van der Waals surface area contributed by atoms with E-state index in [4.69, 9.17) is 4.74 Å². The molecule has 0 heterocycles. The second-order valence-corrected chi connectivity index (χ2v) is 24.2. The Labute approximate surface area is 487 Å². The lowest BCUT2D eigenvalue weighted by Crippen LogP contribution is -2.45. The Morgan fingerprint density at radius 2 is 0.641 bits per heavy atom. The SMILES string of the molecule is CCCCCCCCCCCCCCC/C=C/C(O)C(CO)NC(=O)CCCCCCCCCCCCCCCCC/C=C\C/C=C\CCCCCCCCCCCOC(=O)CCCCCCCCCCCCCCCCC. The van der Waals surface area contributed by atoms with Gasteiger partial charge in [-0.25, -0.2) is 0 Å². The molecule has 0 saturated heterocycles. The van der Waals surface area contributed by atoms with E-state index in [9.17, 15) is 19.8 Å². The van der Waals surface area contributed by atoms with Gasteiger partial charge in [0.2, 0.25) is 5.91 Å². The van der Waals surface area contributed by atoms with Crippen molar-refractivity contribution >= 4 is 11.9 Å². The van der Waals surface area contributed by atoms with Gasteiger partial charge in [-0.2, -0.15) is 0 Å². The van der Waals surface area contributed by atoms with Crippen molar-refractivity contribution < 1.29 is 24.5 Å². The van der Waals surface area contributed by atoms with Gasteiger partial charge >= 0.3 is 5.97 Å². The van der Waals surface area contributed by atoms with E-state index in [0.717, 1.165) is 44.9 Å². The zero-order chi connectivity index (χ0) is 56.4. The highest BCUT2D eigenvalue weighted by molar-refractivity contribution is 5.76. The maximum atomic E-state index is 12.5. The van der Waals surface area contributed by atoms with Gasteiger partial charge in [-0.3, -0.25) is 9.59 Å². The van der Waals surface area contributed by atoms with Gasteiger partial charge in [-0.15, -0.1) is 0 Å². The molecule has 2 atom stereocenters. The molecule has 0 aliphatic heterocycles. The second kappa shape index (κ2) is 67.6. The van der Waals surface area contributed by atoms with Crippen molar-refractivity contribution in [3.63, 3.8) is 0 Å². The van der Waals surface area contributed by atoms with Crippen LogP contribution >= 0.6 is 0 Å². The van der Waals surface area contributed by atoms with Gasteiger partial charge in [0.1, 0.15) is 0 Å². The smallest absolute Gasteiger partial charge is 0.305 e. The number of allylic oxidation sites excluding steroid dienone is 5. The largest absolute Gasteiger partial charge is 0.466 e. The van der Waals surface area contributed by atoms with Gasteiger partial charge in [0.05, 0.1) is 25.4 Å². The Bertz CT molecular complexity index is 1260. The van der Waals surface area contributed by atoms with E-state index in [1.807, 2.05) is 6.08 Å². The van der Waals surface area contributed by atoms with Crippen LogP contribution in [0.2, 0.25) is 0 Å². The standard InChI is InChI=1S/C72H137NO5/c1-3-5-7-9-11-13-15-17-36-40-44-48-52-56-60-64-70(75)69(68-74)73-71(76)65-61-57-53-49-45-41-38-34-32-30-28-26-24-22-20-19-21-23-25-27-29-31-33-35-39-43-47-51-55-59-63-67-78-72(77)66-62-58-54-50-46-42-37-18-16-14-12-10-8-6-4-2/h21,23,27,29,60,64,69-70,74-75H,3-20,22,24-26,28,30-59,61-63,65-68H2,1-2H3,(H,73,76)/b23-21-,29-27-,64-60+. The lowest BCUT2D eigenvalue weighted by molar-refractivity contribution is -0.143. The first-order valence-electron chi connectivity index (χ1n) is 35.3. The molecule has 6 heteroatoms. The van der Waals surface area contributed by atoms with Crippen LogP contribution in [0.15, 0.2) is 36.5 Å². The molecule has 0 bridgehead atoms. The number of hydrogen-bond acceptors (Lipinski definition) is 5. The van der Waals surface area contributed by atoms with Crippen molar-refractivity contribution in [3.8, 4) is 0 Å². The van der Waals surface area contributed by atoms with E-state index >= 15 is 0 Å². The summed E-state index contributed by atoms with van der Waals surface area (Å²) in [5.41, 5.74) is 0. The number of carbonyl (C=O) groups excluding carboxylic acids is 2.